The lowest BCUT2D eigenvalue weighted by Crippen LogP contribution is -2.25. The van der Waals surface area contributed by atoms with Gasteiger partial charge in [0.05, 0.1) is 34.9 Å². The van der Waals surface area contributed by atoms with Crippen LogP contribution < -0.4 is 14.5 Å². The van der Waals surface area contributed by atoms with E-state index in [4.69, 9.17) is 16.6 Å². The Hall–Kier alpha value is -7.11. The minimum absolute atomic E-state index is 0.0970. The summed E-state index contributed by atoms with van der Waals surface area (Å²) in [7, 11) is 0. The fourth-order valence-corrected chi connectivity index (χ4v) is 8.46. The van der Waals surface area contributed by atoms with Gasteiger partial charge in [-0.2, -0.15) is 0 Å². The highest BCUT2D eigenvalue weighted by Gasteiger charge is 2.32. The van der Waals surface area contributed by atoms with E-state index >= 15 is 0 Å². The van der Waals surface area contributed by atoms with Crippen LogP contribution in [0.1, 0.15) is 59.5 Å². The smallest absolute Gasteiger partial charge is 0.137 e. The minimum Gasteiger partial charge on any atom is -0.457 e. The molecule has 300 valence electrons. The fraction of sp³-hybridized carbons (Fsp3) is 0.161. The molecule has 0 aliphatic carbocycles. The third-order valence-electron chi connectivity index (χ3n) is 11.7. The number of ether oxygens (including phenoxy) is 1. The molecule has 0 fully saturated rings. The Morgan fingerprint density at radius 3 is 1.85 bits per heavy atom. The van der Waals surface area contributed by atoms with E-state index in [1.165, 1.54) is 0 Å². The number of pyridine rings is 1. The van der Waals surface area contributed by atoms with Gasteiger partial charge in [-0.3, -0.25) is 4.57 Å². The molecule has 0 N–H and O–H groups in total. The van der Waals surface area contributed by atoms with E-state index in [9.17, 15) is 0 Å². The number of nitrogens with zero attached hydrogens (tertiary/aromatic N) is 4. The van der Waals surface area contributed by atoms with Crippen LogP contribution in [0.15, 0.2) is 182 Å². The molecular weight excluding hydrogens is 745 g/mol. The Balaban J connectivity index is 1.12. The number of fused-ring (bicyclic) bond motifs is 4. The van der Waals surface area contributed by atoms with Crippen LogP contribution in [0.3, 0.4) is 0 Å². The monoisotopic (exact) mass is 799 g/mol. The molecule has 5 heteroatoms. The van der Waals surface area contributed by atoms with E-state index in [1.807, 2.05) is 83.4 Å². The standard InChI is InChI=1S/C56H50N4O/c1-55(2,3)40-30-31-57-53(34-40)60-49-25-14-13-22-47(49)48-29-28-43(36-52(48)60)61-44-33-41(56(4,5)6)32-42(35-44)58-37-59(51-27-16-15-26-50(51)58)54-45(38-18-9-7-10-19-38)23-17-24-46(54)39-20-11-8-12-21-39/h7-36H,37H2,1-6H3/i13D,14D,17D,22D,25D. The van der Waals surface area contributed by atoms with Gasteiger partial charge in [0.1, 0.15) is 24.0 Å². The third kappa shape index (κ3) is 7.00. The van der Waals surface area contributed by atoms with Crippen molar-refractivity contribution >= 4 is 44.6 Å². The summed E-state index contributed by atoms with van der Waals surface area (Å²) < 4.78 is 53.1. The van der Waals surface area contributed by atoms with Gasteiger partial charge in [-0.15, -0.1) is 0 Å². The maximum Gasteiger partial charge on any atom is 0.137 e. The Morgan fingerprint density at radius 1 is 0.541 bits per heavy atom. The first kappa shape index (κ1) is 32.7. The first-order valence-electron chi connectivity index (χ1n) is 23.3. The topological polar surface area (TPSA) is 33.5 Å². The van der Waals surface area contributed by atoms with Crippen LogP contribution in [0.4, 0.5) is 22.7 Å². The summed E-state index contributed by atoms with van der Waals surface area (Å²) in [6, 6.07) is 48.7. The van der Waals surface area contributed by atoms with Gasteiger partial charge in [0, 0.05) is 45.9 Å². The van der Waals surface area contributed by atoms with Crippen molar-refractivity contribution in [3.63, 3.8) is 0 Å². The van der Waals surface area contributed by atoms with Crippen LogP contribution in [-0.4, -0.2) is 16.2 Å². The number of hydrogen-bond acceptors (Lipinski definition) is 4. The number of aromatic nitrogens is 2. The molecule has 1 aliphatic rings. The van der Waals surface area contributed by atoms with Gasteiger partial charge in [0.25, 0.3) is 0 Å². The van der Waals surface area contributed by atoms with Crippen LogP contribution >= 0.6 is 0 Å². The molecule has 0 saturated carbocycles. The summed E-state index contributed by atoms with van der Waals surface area (Å²) in [4.78, 5) is 9.47. The quantitative estimate of drug-likeness (QED) is 0.161. The number of rotatable bonds is 7. The molecule has 61 heavy (non-hydrogen) atoms. The van der Waals surface area contributed by atoms with Crippen molar-refractivity contribution < 1.29 is 11.6 Å². The van der Waals surface area contributed by atoms with Crippen LogP contribution in [-0.2, 0) is 10.8 Å². The maximum atomic E-state index is 9.10. The molecule has 0 saturated heterocycles. The second-order valence-electron chi connectivity index (χ2n) is 17.8. The summed E-state index contributed by atoms with van der Waals surface area (Å²) >= 11 is 0. The highest BCUT2D eigenvalue weighted by atomic mass is 16.5. The van der Waals surface area contributed by atoms with Crippen molar-refractivity contribution in [3.05, 3.63) is 193 Å². The van der Waals surface area contributed by atoms with Gasteiger partial charge >= 0.3 is 0 Å². The van der Waals surface area contributed by atoms with Crippen molar-refractivity contribution in [2.75, 3.05) is 16.5 Å². The highest BCUT2D eigenvalue weighted by molar-refractivity contribution is 6.09. The average molecular weight is 800 g/mol. The van der Waals surface area contributed by atoms with Crippen molar-refractivity contribution in [2.24, 2.45) is 0 Å². The molecule has 5 nitrogen and oxygen atoms in total. The van der Waals surface area contributed by atoms with Gasteiger partial charge in [0.2, 0.25) is 0 Å². The molecule has 7 aromatic carbocycles. The van der Waals surface area contributed by atoms with Crippen LogP contribution in [0.25, 0.3) is 49.9 Å². The van der Waals surface area contributed by atoms with Crippen LogP contribution in [0, 0.1) is 0 Å². The largest absolute Gasteiger partial charge is 0.457 e. The molecule has 9 aromatic rings. The number of anilines is 4. The zero-order chi connectivity index (χ0) is 46.2. The van der Waals surface area contributed by atoms with Crippen molar-refractivity contribution in [1.29, 1.82) is 0 Å². The van der Waals surface area contributed by atoms with E-state index in [2.05, 4.69) is 118 Å². The van der Waals surface area contributed by atoms with Crippen molar-refractivity contribution in [1.82, 2.24) is 9.55 Å². The second kappa shape index (κ2) is 14.9. The first-order valence-corrected chi connectivity index (χ1v) is 20.8. The number of para-hydroxylation sites is 4. The lowest BCUT2D eigenvalue weighted by atomic mass is 9.86. The van der Waals surface area contributed by atoms with Crippen molar-refractivity contribution in [2.45, 2.75) is 52.4 Å². The predicted molar refractivity (Wildman–Crippen MR) is 255 cm³/mol. The summed E-state index contributed by atoms with van der Waals surface area (Å²) in [5, 5.41) is 1.11. The van der Waals surface area contributed by atoms with Gasteiger partial charge in [0.15, 0.2) is 0 Å². The van der Waals surface area contributed by atoms with Gasteiger partial charge in [-0.1, -0.05) is 151 Å². The first-order chi connectivity index (χ1) is 31.6. The average Bonchev–Trinajstić information content (AvgIpc) is 3.86. The minimum atomic E-state index is -0.297. The summed E-state index contributed by atoms with van der Waals surface area (Å²) in [5.41, 5.74) is 10.8. The Morgan fingerprint density at radius 2 is 1.18 bits per heavy atom. The maximum absolute atomic E-state index is 9.10. The molecular formula is C56H50N4O. The Kier molecular flexibility index (Phi) is 7.97. The zero-order valence-corrected chi connectivity index (χ0v) is 35.3. The van der Waals surface area contributed by atoms with Gasteiger partial charge in [-0.25, -0.2) is 4.98 Å². The lowest BCUT2D eigenvalue weighted by Gasteiger charge is -2.28. The predicted octanol–water partition coefficient (Wildman–Crippen LogP) is 15.1. The Labute approximate surface area is 366 Å². The normalized spacial score (nSPS) is 14.1. The molecule has 0 unspecified atom stereocenters. The molecule has 10 rings (SSSR count). The van der Waals surface area contributed by atoms with E-state index in [1.54, 1.807) is 6.20 Å². The second-order valence-corrected chi connectivity index (χ2v) is 17.8. The third-order valence-corrected chi connectivity index (χ3v) is 11.7. The van der Waals surface area contributed by atoms with Gasteiger partial charge < -0.3 is 14.5 Å². The zero-order valence-electron chi connectivity index (χ0n) is 40.3. The SMILES string of the molecule is [2H]c1cc(-c2ccccc2)c(N2CN(c3cc(Oc4ccc5c6c([2H])c([2H])c([2H])c([2H])c6n(-c6cc(C(C)(C)C)ccn6)c5c4)cc(C(C)(C)C)c3)c3ccccc32)c(-c2ccccc2)c1. The molecule has 0 spiro atoms. The molecule has 2 aromatic heterocycles. The van der Waals surface area contributed by atoms with Crippen molar-refractivity contribution in [3.8, 4) is 39.6 Å². The summed E-state index contributed by atoms with van der Waals surface area (Å²) in [6.07, 6.45) is 1.76. The lowest BCUT2D eigenvalue weighted by molar-refractivity contribution is 0.479. The molecule has 0 radical (unpaired) electrons. The van der Waals surface area contributed by atoms with E-state index in [0.717, 1.165) is 56.1 Å². The van der Waals surface area contributed by atoms with E-state index < -0.39 is 0 Å². The number of benzene rings is 7. The van der Waals surface area contributed by atoms with Crippen LogP contribution in [0.2, 0.25) is 0 Å². The van der Waals surface area contributed by atoms with E-state index in [-0.39, 0.29) is 35.0 Å². The van der Waals surface area contributed by atoms with Crippen LogP contribution in [0.5, 0.6) is 11.5 Å². The number of hydrogen-bond donors (Lipinski definition) is 0. The summed E-state index contributed by atoms with van der Waals surface area (Å²) in [5.74, 6) is 1.74. The fourth-order valence-electron chi connectivity index (χ4n) is 8.46. The molecule has 0 amide bonds. The van der Waals surface area contributed by atoms with Gasteiger partial charge in [-0.05, 0) is 87.7 Å². The highest BCUT2D eigenvalue weighted by Crippen LogP contribution is 2.51. The van der Waals surface area contributed by atoms with E-state index in [0.29, 0.717) is 51.8 Å². The molecule has 3 heterocycles. The molecule has 0 bridgehead atoms. The Bertz CT molecular complexity index is 3290. The summed E-state index contributed by atoms with van der Waals surface area (Å²) in [6.45, 7) is 13.5. The molecule has 1 aliphatic heterocycles. The molecule has 0 atom stereocenters.